The summed E-state index contributed by atoms with van der Waals surface area (Å²) < 4.78 is 0. The molecule has 0 aromatic heterocycles. The minimum Gasteiger partial charge on any atom is -0.352 e. The first-order valence-corrected chi connectivity index (χ1v) is 5.94. The third kappa shape index (κ3) is 5.57. The highest BCUT2D eigenvalue weighted by molar-refractivity contribution is 5.78. The minimum absolute atomic E-state index is 0.202. The average molecular weight is 210 g/mol. The molecule has 2 N–H and O–H groups in total. The summed E-state index contributed by atoms with van der Waals surface area (Å²) in [4.78, 5) is 10.9. The first-order chi connectivity index (χ1) is 7.33. The van der Waals surface area contributed by atoms with Gasteiger partial charge in [0.2, 0.25) is 5.91 Å². The number of hydrogen-bond acceptors (Lipinski definition) is 2. The van der Waals surface area contributed by atoms with Crippen LogP contribution in [0.3, 0.4) is 0 Å². The molecule has 15 heavy (non-hydrogen) atoms. The number of nitrogens with one attached hydrogen (secondary N) is 2. The average Bonchev–Trinajstić information content (AvgIpc) is 2.63. The first kappa shape index (κ1) is 12.2. The molecule has 0 bridgehead atoms. The Labute approximate surface area is 92.3 Å². The number of rotatable bonds is 8. The maximum absolute atomic E-state index is 10.9. The summed E-state index contributed by atoms with van der Waals surface area (Å²) >= 11 is 0. The van der Waals surface area contributed by atoms with Crippen molar-refractivity contribution < 1.29 is 4.79 Å². The Hall–Kier alpha value is -0.830. The summed E-state index contributed by atoms with van der Waals surface area (Å²) in [5.74, 6) is 0.202. The van der Waals surface area contributed by atoms with Crippen LogP contribution in [0.5, 0.6) is 0 Å². The van der Waals surface area contributed by atoms with Gasteiger partial charge in [0.05, 0.1) is 0 Å². The highest BCUT2D eigenvalue weighted by Crippen LogP contribution is 2.05. The molecule has 1 atom stereocenters. The Morgan fingerprint density at radius 2 is 2.33 bits per heavy atom. The quantitative estimate of drug-likeness (QED) is 0.472. The Morgan fingerprint density at radius 1 is 1.47 bits per heavy atom. The second-order valence-corrected chi connectivity index (χ2v) is 4.15. The van der Waals surface area contributed by atoms with Gasteiger partial charge in [-0.2, -0.15) is 0 Å². The van der Waals surface area contributed by atoms with Gasteiger partial charge in [0.1, 0.15) is 0 Å². The summed E-state index contributed by atoms with van der Waals surface area (Å²) in [5.41, 5.74) is 0. The molecule has 86 valence electrons. The summed E-state index contributed by atoms with van der Waals surface area (Å²) in [5, 5.41) is 6.33. The maximum atomic E-state index is 10.9. The third-order valence-corrected chi connectivity index (χ3v) is 2.74. The number of amides is 1. The SMILES string of the molecule is C=CCCCCCNCC1CCC(=O)N1. The fourth-order valence-corrected chi connectivity index (χ4v) is 1.82. The van der Waals surface area contributed by atoms with Crippen LogP contribution >= 0.6 is 0 Å². The van der Waals surface area contributed by atoms with E-state index in [4.69, 9.17) is 0 Å². The van der Waals surface area contributed by atoms with Crippen LogP contribution in [0, 0.1) is 0 Å². The molecular weight excluding hydrogens is 188 g/mol. The van der Waals surface area contributed by atoms with E-state index in [1.807, 2.05) is 6.08 Å². The summed E-state index contributed by atoms with van der Waals surface area (Å²) in [6, 6.07) is 0.366. The number of carbonyl (C=O) groups is 1. The van der Waals surface area contributed by atoms with Gasteiger partial charge < -0.3 is 10.6 Å². The largest absolute Gasteiger partial charge is 0.352 e. The van der Waals surface area contributed by atoms with Crippen LogP contribution in [-0.2, 0) is 4.79 Å². The molecule has 1 amide bonds. The molecule has 1 aliphatic rings. The predicted octanol–water partition coefficient (Wildman–Crippen LogP) is 1.60. The Morgan fingerprint density at radius 3 is 3.00 bits per heavy atom. The van der Waals surface area contributed by atoms with Gasteiger partial charge >= 0.3 is 0 Å². The van der Waals surface area contributed by atoms with E-state index in [0.717, 1.165) is 25.9 Å². The van der Waals surface area contributed by atoms with Gasteiger partial charge in [-0.3, -0.25) is 4.79 Å². The zero-order valence-corrected chi connectivity index (χ0v) is 9.43. The third-order valence-electron chi connectivity index (χ3n) is 2.74. The molecule has 0 saturated carbocycles. The summed E-state index contributed by atoms with van der Waals surface area (Å²) in [7, 11) is 0. The van der Waals surface area contributed by atoms with Crippen molar-refractivity contribution >= 4 is 5.91 Å². The molecule has 1 fully saturated rings. The van der Waals surface area contributed by atoms with Crippen LogP contribution in [0.2, 0.25) is 0 Å². The smallest absolute Gasteiger partial charge is 0.220 e. The maximum Gasteiger partial charge on any atom is 0.220 e. The summed E-state index contributed by atoms with van der Waals surface area (Å²) in [6.07, 6.45) is 8.50. The normalized spacial score (nSPS) is 20.3. The zero-order valence-electron chi connectivity index (χ0n) is 9.43. The van der Waals surface area contributed by atoms with Crippen LogP contribution in [0.1, 0.15) is 38.5 Å². The molecule has 1 unspecified atom stereocenters. The number of carbonyl (C=O) groups excluding carboxylic acids is 1. The van der Waals surface area contributed by atoms with Gasteiger partial charge in [-0.05, 0) is 32.2 Å². The van der Waals surface area contributed by atoms with Crippen LogP contribution in [-0.4, -0.2) is 25.0 Å². The lowest BCUT2D eigenvalue weighted by Crippen LogP contribution is -2.35. The van der Waals surface area contributed by atoms with Crippen molar-refractivity contribution in [2.45, 2.75) is 44.6 Å². The van der Waals surface area contributed by atoms with E-state index < -0.39 is 0 Å². The molecule has 0 radical (unpaired) electrons. The molecule has 1 aliphatic heterocycles. The van der Waals surface area contributed by atoms with Gasteiger partial charge in [-0.25, -0.2) is 0 Å². The number of hydrogen-bond donors (Lipinski definition) is 2. The molecule has 3 heteroatoms. The molecule has 1 heterocycles. The van der Waals surface area contributed by atoms with Crippen molar-refractivity contribution in [3.63, 3.8) is 0 Å². The zero-order chi connectivity index (χ0) is 10.9. The van der Waals surface area contributed by atoms with Crippen LogP contribution in [0.4, 0.5) is 0 Å². The van der Waals surface area contributed by atoms with Crippen LogP contribution in [0.15, 0.2) is 12.7 Å². The van der Waals surface area contributed by atoms with Crippen LogP contribution in [0.25, 0.3) is 0 Å². The molecule has 1 rings (SSSR count). The fourth-order valence-electron chi connectivity index (χ4n) is 1.82. The standard InChI is InChI=1S/C12H22N2O/c1-2-3-4-5-6-9-13-10-11-7-8-12(15)14-11/h2,11,13H,1,3-10H2,(H,14,15). The van der Waals surface area contributed by atoms with Gasteiger partial charge in [0, 0.05) is 19.0 Å². The number of unbranched alkanes of at least 4 members (excludes halogenated alkanes) is 3. The molecule has 0 aromatic carbocycles. The van der Waals surface area contributed by atoms with E-state index in [0.29, 0.717) is 12.5 Å². The monoisotopic (exact) mass is 210 g/mol. The van der Waals surface area contributed by atoms with Crippen molar-refractivity contribution in [3.05, 3.63) is 12.7 Å². The molecular formula is C12H22N2O. The molecule has 0 aromatic rings. The predicted molar refractivity (Wildman–Crippen MR) is 62.7 cm³/mol. The summed E-state index contributed by atoms with van der Waals surface area (Å²) in [6.45, 7) is 5.68. The second kappa shape index (κ2) is 7.46. The van der Waals surface area contributed by atoms with Crippen LogP contribution < -0.4 is 10.6 Å². The Bertz CT molecular complexity index is 204. The highest BCUT2D eigenvalue weighted by atomic mass is 16.1. The van der Waals surface area contributed by atoms with Crippen molar-refractivity contribution in [1.29, 1.82) is 0 Å². The van der Waals surface area contributed by atoms with Crippen molar-refractivity contribution in [2.24, 2.45) is 0 Å². The van der Waals surface area contributed by atoms with E-state index in [9.17, 15) is 4.79 Å². The molecule has 0 spiro atoms. The van der Waals surface area contributed by atoms with Gasteiger partial charge in [0.15, 0.2) is 0 Å². The van der Waals surface area contributed by atoms with E-state index in [2.05, 4.69) is 17.2 Å². The fraction of sp³-hybridized carbons (Fsp3) is 0.750. The lowest BCUT2D eigenvalue weighted by Gasteiger charge is -2.10. The number of allylic oxidation sites excluding steroid dienone is 1. The second-order valence-electron chi connectivity index (χ2n) is 4.15. The van der Waals surface area contributed by atoms with E-state index in [1.165, 1.54) is 19.3 Å². The van der Waals surface area contributed by atoms with E-state index >= 15 is 0 Å². The van der Waals surface area contributed by atoms with E-state index in [1.54, 1.807) is 0 Å². The topological polar surface area (TPSA) is 41.1 Å². The van der Waals surface area contributed by atoms with Gasteiger partial charge in [-0.15, -0.1) is 6.58 Å². The first-order valence-electron chi connectivity index (χ1n) is 5.94. The van der Waals surface area contributed by atoms with Crippen molar-refractivity contribution in [3.8, 4) is 0 Å². The van der Waals surface area contributed by atoms with Crippen molar-refractivity contribution in [2.75, 3.05) is 13.1 Å². The van der Waals surface area contributed by atoms with Gasteiger partial charge in [-0.1, -0.05) is 12.5 Å². The Balaban J connectivity index is 1.84. The lowest BCUT2D eigenvalue weighted by molar-refractivity contribution is -0.119. The van der Waals surface area contributed by atoms with Crippen molar-refractivity contribution in [1.82, 2.24) is 10.6 Å². The van der Waals surface area contributed by atoms with E-state index in [-0.39, 0.29) is 5.91 Å². The molecule has 3 nitrogen and oxygen atoms in total. The molecule has 1 saturated heterocycles. The minimum atomic E-state index is 0.202. The highest BCUT2D eigenvalue weighted by Gasteiger charge is 2.19. The Kier molecular flexibility index (Phi) is 6.09. The molecule has 0 aliphatic carbocycles. The van der Waals surface area contributed by atoms with Gasteiger partial charge in [0.25, 0.3) is 0 Å². The lowest BCUT2D eigenvalue weighted by atomic mass is 10.2.